The molecule has 0 aliphatic carbocycles. The molecule has 52 valence electrons. The van der Waals surface area contributed by atoms with Crippen LogP contribution in [0.3, 0.4) is 0 Å². The summed E-state index contributed by atoms with van der Waals surface area (Å²) >= 11 is 4.05. The molecule has 0 unspecified atom stereocenters. The maximum absolute atomic E-state index is 10.0. The maximum atomic E-state index is 10.0. The lowest BCUT2D eigenvalue weighted by Gasteiger charge is -1.95. The second-order valence-electron chi connectivity index (χ2n) is 2.08. The molecule has 1 aromatic rings. The first-order valence-electron chi connectivity index (χ1n) is 2.87. The second kappa shape index (κ2) is 2.84. The first-order valence-corrected chi connectivity index (χ1v) is 3.32. The fraction of sp³-hybridized carbons (Fsp3) is 0.143. The van der Waals surface area contributed by atoms with Crippen molar-refractivity contribution in [1.82, 2.24) is 0 Å². The van der Waals surface area contributed by atoms with E-state index in [2.05, 4.69) is 17.8 Å². The van der Waals surface area contributed by atoms with Crippen LogP contribution in [0.5, 0.6) is 0 Å². The Balaban J connectivity index is 3.19. The van der Waals surface area contributed by atoms with Crippen LogP contribution in [0.4, 0.5) is 5.69 Å². The molecule has 0 atom stereocenters. The van der Waals surface area contributed by atoms with Crippen molar-refractivity contribution >= 4 is 18.3 Å². The van der Waals surface area contributed by atoms with Gasteiger partial charge in [-0.05, 0) is 29.8 Å². The lowest BCUT2D eigenvalue weighted by molar-refractivity contribution is 1.32. The molecule has 0 spiro atoms. The zero-order valence-electron chi connectivity index (χ0n) is 5.53. The topological polar surface area (TPSA) is 29.4 Å². The van der Waals surface area contributed by atoms with Crippen molar-refractivity contribution in [2.24, 2.45) is 5.18 Å². The van der Waals surface area contributed by atoms with Gasteiger partial charge in [0.05, 0.1) is 0 Å². The molecule has 0 N–H and O–H groups in total. The lowest BCUT2D eigenvalue weighted by atomic mass is 10.2. The third-order valence-corrected chi connectivity index (χ3v) is 1.59. The highest BCUT2D eigenvalue weighted by molar-refractivity contribution is 7.80. The summed E-state index contributed by atoms with van der Waals surface area (Å²) in [6.45, 7) is 1.94. The molecule has 10 heavy (non-hydrogen) atoms. The molecule has 1 rings (SSSR count). The van der Waals surface area contributed by atoms with E-state index >= 15 is 0 Å². The van der Waals surface area contributed by atoms with Crippen molar-refractivity contribution in [3.8, 4) is 0 Å². The average molecular weight is 153 g/mol. The number of hydrogen-bond acceptors (Lipinski definition) is 3. The summed E-state index contributed by atoms with van der Waals surface area (Å²) in [5, 5.41) is 2.78. The molecule has 0 aromatic heterocycles. The normalized spacial score (nSPS) is 9.40. The van der Waals surface area contributed by atoms with Gasteiger partial charge >= 0.3 is 0 Å². The highest BCUT2D eigenvalue weighted by Gasteiger charge is 1.96. The number of hydrogen-bond donors (Lipinski definition) is 1. The van der Waals surface area contributed by atoms with Crippen molar-refractivity contribution < 1.29 is 0 Å². The van der Waals surface area contributed by atoms with E-state index in [1.807, 2.05) is 13.0 Å². The van der Waals surface area contributed by atoms with Gasteiger partial charge in [-0.2, -0.15) is 0 Å². The molecule has 2 nitrogen and oxygen atoms in total. The molecule has 0 heterocycles. The van der Waals surface area contributed by atoms with Crippen LogP contribution >= 0.6 is 12.6 Å². The number of nitrogens with zero attached hydrogens (tertiary/aromatic N) is 1. The molecule has 1 aromatic carbocycles. The highest BCUT2D eigenvalue weighted by Crippen LogP contribution is 2.22. The van der Waals surface area contributed by atoms with E-state index in [0.29, 0.717) is 10.6 Å². The SMILES string of the molecule is Cc1ccc(N=O)c(S)c1. The van der Waals surface area contributed by atoms with E-state index in [1.165, 1.54) is 0 Å². The summed E-state index contributed by atoms with van der Waals surface area (Å²) in [6.07, 6.45) is 0. The van der Waals surface area contributed by atoms with Crippen LogP contribution in [0.15, 0.2) is 28.3 Å². The Bertz CT molecular complexity index is 260. The Morgan fingerprint density at radius 3 is 2.70 bits per heavy atom. The van der Waals surface area contributed by atoms with Crippen LogP contribution in [0.2, 0.25) is 0 Å². The highest BCUT2D eigenvalue weighted by atomic mass is 32.1. The van der Waals surface area contributed by atoms with Gasteiger partial charge in [0, 0.05) is 4.90 Å². The number of thiol groups is 1. The number of nitroso groups, excluding NO2 is 1. The third-order valence-electron chi connectivity index (χ3n) is 1.23. The Kier molecular flexibility index (Phi) is 2.06. The van der Waals surface area contributed by atoms with E-state index in [4.69, 9.17) is 0 Å². The predicted octanol–water partition coefficient (Wildman–Crippen LogP) is 2.68. The molecular formula is C7H7NOS. The molecule has 0 saturated carbocycles. The molecule has 0 saturated heterocycles. The van der Waals surface area contributed by atoms with Crippen molar-refractivity contribution in [3.63, 3.8) is 0 Å². The monoisotopic (exact) mass is 153 g/mol. The number of rotatable bonds is 1. The van der Waals surface area contributed by atoms with E-state index in [9.17, 15) is 4.91 Å². The summed E-state index contributed by atoms with van der Waals surface area (Å²) in [4.78, 5) is 10.7. The number of benzene rings is 1. The Morgan fingerprint density at radius 2 is 2.20 bits per heavy atom. The van der Waals surface area contributed by atoms with Crippen LogP contribution in [0.1, 0.15) is 5.56 Å². The van der Waals surface area contributed by atoms with Gasteiger partial charge in [0.2, 0.25) is 0 Å². The quantitative estimate of drug-likeness (QED) is 0.487. The van der Waals surface area contributed by atoms with Crippen LogP contribution in [0, 0.1) is 11.8 Å². The summed E-state index contributed by atoms with van der Waals surface area (Å²) in [6, 6.07) is 5.29. The van der Waals surface area contributed by atoms with Gasteiger partial charge < -0.3 is 0 Å². The Hall–Kier alpha value is -0.830. The van der Waals surface area contributed by atoms with Gasteiger partial charge in [-0.15, -0.1) is 17.5 Å². The molecule has 0 fully saturated rings. The minimum Gasteiger partial charge on any atom is -0.145 e. The minimum atomic E-state index is 0.397. The molecular weight excluding hydrogens is 146 g/mol. The lowest BCUT2D eigenvalue weighted by Crippen LogP contribution is -1.71. The number of aryl methyl sites for hydroxylation is 1. The minimum absolute atomic E-state index is 0.397. The van der Waals surface area contributed by atoms with E-state index in [0.717, 1.165) is 5.56 Å². The van der Waals surface area contributed by atoms with Crippen molar-refractivity contribution in [1.29, 1.82) is 0 Å². The van der Waals surface area contributed by atoms with Crippen LogP contribution in [-0.4, -0.2) is 0 Å². The van der Waals surface area contributed by atoms with Crippen LogP contribution < -0.4 is 0 Å². The standard InChI is InChI=1S/C7H7NOS/c1-5-2-3-6(8-9)7(10)4-5/h2-4,10H,1H3. The fourth-order valence-corrected chi connectivity index (χ4v) is 1.03. The van der Waals surface area contributed by atoms with Gasteiger partial charge in [-0.3, -0.25) is 0 Å². The first-order chi connectivity index (χ1) is 4.74. The van der Waals surface area contributed by atoms with Gasteiger partial charge in [-0.1, -0.05) is 6.07 Å². The van der Waals surface area contributed by atoms with Gasteiger partial charge in [0.25, 0.3) is 0 Å². The van der Waals surface area contributed by atoms with E-state index in [1.54, 1.807) is 12.1 Å². The molecule has 0 bridgehead atoms. The van der Waals surface area contributed by atoms with Crippen molar-refractivity contribution in [2.45, 2.75) is 11.8 Å². The Labute approximate surface area is 64.6 Å². The molecule has 0 aliphatic rings. The van der Waals surface area contributed by atoms with Crippen molar-refractivity contribution in [2.75, 3.05) is 0 Å². The smallest absolute Gasteiger partial charge is 0.121 e. The van der Waals surface area contributed by atoms with E-state index < -0.39 is 0 Å². The zero-order chi connectivity index (χ0) is 7.56. The summed E-state index contributed by atoms with van der Waals surface area (Å²) in [5.41, 5.74) is 1.48. The van der Waals surface area contributed by atoms with Crippen molar-refractivity contribution in [3.05, 3.63) is 28.7 Å². The zero-order valence-corrected chi connectivity index (χ0v) is 6.43. The average Bonchev–Trinajstić information content (AvgIpc) is 1.88. The third kappa shape index (κ3) is 1.36. The summed E-state index contributed by atoms with van der Waals surface area (Å²) in [5.74, 6) is 0. The van der Waals surface area contributed by atoms with Crippen LogP contribution in [-0.2, 0) is 0 Å². The first kappa shape index (κ1) is 7.28. The molecule has 0 amide bonds. The van der Waals surface area contributed by atoms with E-state index in [-0.39, 0.29) is 0 Å². The Morgan fingerprint density at radius 1 is 1.50 bits per heavy atom. The van der Waals surface area contributed by atoms with Gasteiger partial charge in [0.1, 0.15) is 5.69 Å². The predicted molar refractivity (Wildman–Crippen MR) is 43.9 cm³/mol. The summed E-state index contributed by atoms with van der Waals surface area (Å²) < 4.78 is 0. The molecule has 0 aliphatic heterocycles. The van der Waals surface area contributed by atoms with Gasteiger partial charge in [0.15, 0.2) is 0 Å². The molecule has 0 radical (unpaired) electrons. The van der Waals surface area contributed by atoms with Gasteiger partial charge in [-0.25, -0.2) is 0 Å². The second-order valence-corrected chi connectivity index (χ2v) is 2.57. The summed E-state index contributed by atoms with van der Waals surface area (Å²) in [7, 11) is 0. The largest absolute Gasteiger partial charge is 0.145 e. The maximum Gasteiger partial charge on any atom is 0.121 e. The molecule has 3 heteroatoms. The fourth-order valence-electron chi connectivity index (χ4n) is 0.711. The van der Waals surface area contributed by atoms with Crippen LogP contribution in [0.25, 0.3) is 0 Å².